The summed E-state index contributed by atoms with van der Waals surface area (Å²) >= 11 is 0. The maximum atomic E-state index is 12.6. The van der Waals surface area contributed by atoms with Gasteiger partial charge in [-0.05, 0) is 49.1 Å². The van der Waals surface area contributed by atoms with Gasteiger partial charge in [0, 0.05) is 35.4 Å². The number of aryl methyl sites for hydroxylation is 2. The summed E-state index contributed by atoms with van der Waals surface area (Å²) in [6.45, 7) is 4.44. The number of carbonyl (C=O) groups excluding carboxylic acids is 1. The van der Waals surface area contributed by atoms with Crippen molar-refractivity contribution in [1.29, 1.82) is 0 Å². The van der Waals surface area contributed by atoms with Crippen LogP contribution in [0.5, 0.6) is 0 Å². The number of hydrogen-bond donors (Lipinski definition) is 3. The van der Waals surface area contributed by atoms with Gasteiger partial charge in [0.25, 0.3) is 5.91 Å². The molecule has 2 heterocycles. The van der Waals surface area contributed by atoms with Crippen LogP contribution in [0.2, 0.25) is 0 Å². The average molecular weight is 399 g/mol. The van der Waals surface area contributed by atoms with Crippen LogP contribution in [0.1, 0.15) is 34.4 Å². The minimum absolute atomic E-state index is 0.204. The Morgan fingerprint density at radius 1 is 1.07 bits per heavy atom. The summed E-state index contributed by atoms with van der Waals surface area (Å²) in [5.41, 5.74) is 4.84. The summed E-state index contributed by atoms with van der Waals surface area (Å²) in [7, 11) is 0. The standard InChI is InChI=1S/C24H25N5O/c1-3-17-8-10-19(11-9-17)29-23-14-22(27-16(2)28-23)24(30)25-13-12-18-15-26-21-7-5-4-6-20(18)21/h4-11,14-15,26H,3,12-13H2,1-2H3,(H,25,30)(H,27,28,29). The molecule has 0 atom stereocenters. The van der Waals surface area contributed by atoms with Crippen LogP contribution in [0.3, 0.4) is 0 Å². The number of aromatic amines is 1. The summed E-state index contributed by atoms with van der Waals surface area (Å²) in [6, 6.07) is 18.0. The number of carbonyl (C=O) groups is 1. The fourth-order valence-electron chi connectivity index (χ4n) is 3.46. The Bertz CT molecular complexity index is 1160. The molecule has 0 fully saturated rings. The Morgan fingerprint density at radius 3 is 2.67 bits per heavy atom. The molecule has 0 saturated heterocycles. The molecule has 6 heteroatoms. The van der Waals surface area contributed by atoms with Crippen LogP contribution in [-0.4, -0.2) is 27.4 Å². The SMILES string of the molecule is CCc1ccc(Nc2cc(C(=O)NCCc3c[nH]c4ccccc34)nc(C)n2)cc1. The number of aromatic nitrogens is 3. The molecular formula is C24H25N5O. The molecule has 0 aliphatic heterocycles. The molecule has 0 unspecified atom stereocenters. The van der Waals surface area contributed by atoms with E-state index >= 15 is 0 Å². The van der Waals surface area contributed by atoms with Crippen molar-refractivity contribution < 1.29 is 4.79 Å². The number of rotatable bonds is 7. The summed E-state index contributed by atoms with van der Waals surface area (Å²) < 4.78 is 0. The van der Waals surface area contributed by atoms with Gasteiger partial charge in [-0.15, -0.1) is 0 Å². The first-order valence-corrected chi connectivity index (χ1v) is 10.2. The second-order valence-electron chi connectivity index (χ2n) is 7.23. The molecule has 2 aromatic carbocycles. The lowest BCUT2D eigenvalue weighted by Gasteiger charge is -2.10. The number of benzene rings is 2. The lowest BCUT2D eigenvalue weighted by atomic mass is 10.1. The van der Waals surface area contributed by atoms with Gasteiger partial charge in [0.2, 0.25) is 0 Å². The molecule has 4 rings (SSSR count). The van der Waals surface area contributed by atoms with Gasteiger partial charge < -0.3 is 15.6 Å². The third kappa shape index (κ3) is 4.49. The first-order chi connectivity index (χ1) is 14.6. The van der Waals surface area contributed by atoms with E-state index in [1.807, 2.05) is 36.5 Å². The Hall–Kier alpha value is -3.67. The fraction of sp³-hybridized carbons (Fsp3) is 0.208. The predicted octanol–water partition coefficient (Wildman–Crippen LogP) is 4.54. The number of nitrogens with one attached hydrogen (secondary N) is 3. The molecule has 1 amide bonds. The number of para-hydroxylation sites is 1. The van der Waals surface area contributed by atoms with E-state index in [0.717, 1.165) is 24.0 Å². The Kier molecular flexibility index (Phi) is 5.75. The normalized spacial score (nSPS) is 10.9. The quantitative estimate of drug-likeness (QED) is 0.426. The minimum Gasteiger partial charge on any atom is -0.361 e. The summed E-state index contributed by atoms with van der Waals surface area (Å²) in [6.07, 6.45) is 3.74. The van der Waals surface area contributed by atoms with Gasteiger partial charge in [0.1, 0.15) is 17.3 Å². The van der Waals surface area contributed by atoms with Crippen LogP contribution in [0.4, 0.5) is 11.5 Å². The Morgan fingerprint density at radius 2 is 1.87 bits per heavy atom. The van der Waals surface area contributed by atoms with Crippen molar-refractivity contribution in [3.63, 3.8) is 0 Å². The summed E-state index contributed by atoms with van der Waals surface area (Å²) in [5.74, 6) is 0.949. The van der Waals surface area contributed by atoms with Gasteiger partial charge in [-0.1, -0.05) is 37.3 Å². The number of nitrogens with zero attached hydrogens (tertiary/aromatic N) is 2. The lowest BCUT2D eigenvalue weighted by Crippen LogP contribution is -2.27. The van der Waals surface area contributed by atoms with E-state index in [1.54, 1.807) is 13.0 Å². The fourth-order valence-corrected chi connectivity index (χ4v) is 3.46. The number of fused-ring (bicyclic) bond motifs is 1. The number of hydrogen-bond acceptors (Lipinski definition) is 4. The molecule has 0 aliphatic carbocycles. The second-order valence-corrected chi connectivity index (χ2v) is 7.23. The van der Waals surface area contributed by atoms with Crippen LogP contribution in [0.25, 0.3) is 10.9 Å². The van der Waals surface area contributed by atoms with Gasteiger partial charge in [-0.25, -0.2) is 9.97 Å². The molecule has 2 aromatic heterocycles. The number of amides is 1. The van der Waals surface area contributed by atoms with Crippen molar-refractivity contribution in [2.24, 2.45) is 0 Å². The summed E-state index contributed by atoms with van der Waals surface area (Å²) in [5, 5.41) is 7.40. The van der Waals surface area contributed by atoms with E-state index in [9.17, 15) is 4.79 Å². The lowest BCUT2D eigenvalue weighted by molar-refractivity contribution is 0.0949. The maximum Gasteiger partial charge on any atom is 0.270 e. The largest absolute Gasteiger partial charge is 0.361 e. The average Bonchev–Trinajstić information content (AvgIpc) is 3.17. The van der Waals surface area contributed by atoms with Crippen LogP contribution < -0.4 is 10.6 Å². The van der Waals surface area contributed by atoms with Crippen LogP contribution >= 0.6 is 0 Å². The Labute approximate surface area is 175 Å². The van der Waals surface area contributed by atoms with E-state index < -0.39 is 0 Å². The first-order valence-electron chi connectivity index (χ1n) is 10.2. The van der Waals surface area contributed by atoms with Gasteiger partial charge in [-0.2, -0.15) is 0 Å². The van der Waals surface area contributed by atoms with E-state index in [2.05, 4.69) is 50.7 Å². The van der Waals surface area contributed by atoms with Crippen LogP contribution in [0, 0.1) is 6.92 Å². The van der Waals surface area contributed by atoms with Gasteiger partial charge >= 0.3 is 0 Å². The van der Waals surface area contributed by atoms with Crippen molar-refractivity contribution in [2.75, 3.05) is 11.9 Å². The number of H-pyrrole nitrogens is 1. The van der Waals surface area contributed by atoms with Crippen molar-refractivity contribution >= 4 is 28.3 Å². The van der Waals surface area contributed by atoms with Crippen LogP contribution in [-0.2, 0) is 12.8 Å². The molecule has 0 spiro atoms. The molecular weight excluding hydrogens is 374 g/mol. The molecule has 0 saturated carbocycles. The van der Waals surface area contributed by atoms with Crippen molar-refractivity contribution in [3.05, 3.63) is 83.4 Å². The topological polar surface area (TPSA) is 82.7 Å². The van der Waals surface area contributed by atoms with Crippen molar-refractivity contribution in [1.82, 2.24) is 20.3 Å². The highest BCUT2D eigenvalue weighted by atomic mass is 16.1. The van der Waals surface area contributed by atoms with Gasteiger partial charge in [0.05, 0.1) is 0 Å². The van der Waals surface area contributed by atoms with Crippen LogP contribution in [0.15, 0.2) is 60.8 Å². The van der Waals surface area contributed by atoms with E-state index in [4.69, 9.17) is 0 Å². The molecule has 0 radical (unpaired) electrons. The second kappa shape index (κ2) is 8.78. The van der Waals surface area contributed by atoms with Crippen molar-refractivity contribution in [2.45, 2.75) is 26.7 Å². The zero-order valence-electron chi connectivity index (χ0n) is 17.2. The zero-order chi connectivity index (χ0) is 20.9. The number of anilines is 2. The monoisotopic (exact) mass is 399 g/mol. The molecule has 4 aromatic rings. The molecule has 3 N–H and O–H groups in total. The highest BCUT2D eigenvalue weighted by molar-refractivity contribution is 5.93. The molecule has 6 nitrogen and oxygen atoms in total. The first kappa shape index (κ1) is 19.6. The van der Waals surface area contributed by atoms with E-state index in [1.165, 1.54) is 16.5 Å². The highest BCUT2D eigenvalue weighted by Gasteiger charge is 2.11. The van der Waals surface area contributed by atoms with E-state index in [-0.39, 0.29) is 5.91 Å². The maximum absolute atomic E-state index is 12.6. The van der Waals surface area contributed by atoms with Gasteiger partial charge in [0.15, 0.2) is 0 Å². The third-order valence-corrected chi connectivity index (χ3v) is 5.06. The minimum atomic E-state index is -0.204. The summed E-state index contributed by atoms with van der Waals surface area (Å²) in [4.78, 5) is 24.6. The highest BCUT2D eigenvalue weighted by Crippen LogP contribution is 2.18. The smallest absolute Gasteiger partial charge is 0.270 e. The third-order valence-electron chi connectivity index (χ3n) is 5.06. The molecule has 0 aliphatic rings. The zero-order valence-corrected chi connectivity index (χ0v) is 17.2. The van der Waals surface area contributed by atoms with Crippen molar-refractivity contribution in [3.8, 4) is 0 Å². The molecule has 30 heavy (non-hydrogen) atoms. The van der Waals surface area contributed by atoms with Gasteiger partial charge in [-0.3, -0.25) is 4.79 Å². The molecule has 152 valence electrons. The Balaban J connectivity index is 1.40. The molecule has 0 bridgehead atoms. The van der Waals surface area contributed by atoms with E-state index in [0.29, 0.717) is 23.9 Å². The predicted molar refractivity (Wildman–Crippen MR) is 120 cm³/mol.